The van der Waals surface area contributed by atoms with Crippen molar-refractivity contribution in [1.82, 2.24) is 19.7 Å². The molecule has 0 saturated carbocycles. The molecule has 0 aliphatic rings. The molecule has 0 aromatic carbocycles. The van der Waals surface area contributed by atoms with Gasteiger partial charge in [-0.15, -0.1) is 0 Å². The average Bonchev–Trinajstić information content (AvgIpc) is 2.74. The smallest absolute Gasteiger partial charge is 0.144 e. The molecule has 0 aliphatic carbocycles. The quantitative estimate of drug-likeness (QED) is 0.928. The summed E-state index contributed by atoms with van der Waals surface area (Å²) in [4.78, 5) is 8.20. The Bertz CT molecular complexity index is 600. The summed E-state index contributed by atoms with van der Waals surface area (Å²) in [5.74, 6) is 0.787. The Morgan fingerprint density at radius 2 is 2.05 bits per heavy atom. The molecule has 0 radical (unpaired) electrons. The Labute approximate surface area is 128 Å². The number of halogens is 1. The van der Waals surface area contributed by atoms with Crippen LogP contribution in [0.25, 0.3) is 0 Å². The van der Waals surface area contributed by atoms with E-state index in [0.717, 1.165) is 16.0 Å². The molecule has 0 amide bonds. The molecule has 108 valence electrons. The molecule has 1 N–H and O–H groups in total. The van der Waals surface area contributed by atoms with E-state index in [2.05, 4.69) is 70.2 Å². The number of nitrogens with zero attached hydrogens (tertiary/aromatic N) is 4. The lowest BCUT2D eigenvalue weighted by Crippen LogP contribution is -2.22. The van der Waals surface area contributed by atoms with Gasteiger partial charge in [-0.3, -0.25) is 4.68 Å². The molecule has 2 aromatic rings. The van der Waals surface area contributed by atoms with Gasteiger partial charge in [-0.25, -0.2) is 9.97 Å². The first-order chi connectivity index (χ1) is 9.29. The van der Waals surface area contributed by atoms with E-state index in [1.54, 1.807) is 6.20 Å². The second-order valence-electron chi connectivity index (χ2n) is 5.87. The summed E-state index contributed by atoms with van der Waals surface area (Å²) < 4.78 is 2.86. The molecule has 0 saturated heterocycles. The standard InChI is InChI=1S/C14H20BrN5/c1-9(18-13-12(15)6-16-8-17-13)11-7-20(14(3,4)5)19-10(11)2/h6-9H,1-5H3,(H,16,17,18). The van der Waals surface area contributed by atoms with E-state index in [-0.39, 0.29) is 11.6 Å². The van der Waals surface area contributed by atoms with Crippen LogP contribution >= 0.6 is 15.9 Å². The topological polar surface area (TPSA) is 55.6 Å². The number of rotatable bonds is 3. The van der Waals surface area contributed by atoms with Gasteiger partial charge in [0, 0.05) is 18.0 Å². The molecule has 6 heteroatoms. The van der Waals surface area contributed by atoms with E-state index in [1.165, 1.54) is 11.9 Å². The first kappa shape index (κ1) is 15.0. The number of aromatic nitrogens is 4. The highest BCUT2D eigenvalue weighted by molar-refractivity contribution is 9.10. The zero-order valence-electron chi connectivity index (χ0n) is 12.5. The van der Waals surface area contributed by atoms with Gasteiger partial charge in [0.05, 0.1) is 21.7 Å². The fourth-order valence-corrected chi connectivity index (χ4v) is 2.28. The largest absolute Gasteiger partial charge is 0.362 e. The van der Waals surface area contributed by atoms with E-state index in [1.807, 2.05) is 11.6 Å². The summed E-state index contributed by atoms with van der Waals surface area (Å²) in [6, 6.07) is 0.122. The van der Waals surface area contributed by atoms with Gasteiger partial charge in [-0.05, 0) is 50.5 Å². The average molecular weight is 338 g/mol. The number of aryl methyl sites for hydroxylation is 1. The molecule has 2 heterocycles. The van der Waals surface area contributed by atoms with Gasteiger partial charge < -0.3 is 5.32 Å². The number of hydrogen-bond donors (Lipinski definition) is 1. The first-order valence-corrected chi connectivity index (χ1v) is 7.37. The van der Waals surface area contributed by atoms with Crippen molar-refractivity contribution in [2.45, 2.75) is 46.2 Å². The lowest BCUT2D eigenvalue weighted by atomic mass is 10.1. The highest BCUT2D eigenvalue weighted by atomic mass is 79.9. The highest BCUT2D eigenvalue weighted by Crippen LogP contribution is 2.26. The SMILES string of the molecule is Cc1nn(C(C)(C)C)cc1C(C)Nc1ncncc1Br. The van der Waals surface area contributed by atoms with E-state index in [0.29, 0.717) is 0 Å². The van der Waals surface area contributed by atoms with Gasteiger partial charge in [0.1, 0.15) is 12.1 Å². The van der Waals surface area contributed by atoms with E-state index >= 15 is 0 Å². The summed E-state index contributed by atoms with van der Waals surface area (Å²) in [7, 11) is 0. The van der Waals surface area contributed by atoms with E-state index < -0.39 is 0 Å². The summed E-state index contributed by atoms with van der Waals surface area (Å²) in [5.41, 5.74) is 2.19. The lowest BCUT2D eigenvalue weighted by molar-refractivity contribution is 0.354. The number of anilines is 1. The zero-order valence-corrected chi connectivity index (χ0v) is 14.1. The van der Waals surface area contributed by atoms with Crippen molar-refractivity contribution in [3.05, 3.63) is 34.5 Å². The van der Waals surface area contributed by atoms with Gasteiger partial charge in [-0.2, -0.15) is 5.10 Å². The predicted octanol–water partition coefficient (Wildman–Crippen LogP) is 3.67. The monoisotopic (exact) mass is 337 g/mol. The predicted molar refractivity (Wildman–Crippen MR) is 83.7 cm³/mol. The molecule has 2 rings (SSSR count). The summed E-state index contributed by atoms with van der Waals surface area (Å²) >= 11 is 3.44. The molecule has 1 atom stereocenters. The van der Waals surface area contributed by atoms with Crippen LogP contribution in [0.4, 0.5) is 5.82 Å². The van der Waals surface area contributed by atoms with Crippen LogP contribution in [0.1, 0.15) is 45.0 Å². The zero-order chi connectivity index (χ0) is 14.9. The Hall–Kier alpha value is -1.43. The first-order valence-electron chi connectivity index (χ1n) is 6.57. The van der Waals surface area contributed by atoms with Gasteiger partial charge in [0.2, 0.25) is 0 Å². The number of hydrogen-bond acceptors (Lipinski definition) is 4. The molecule has 0 fully saturated rings. The molecule has 20 heavy (non-hydrogen) atoms. The van der Waals surface area contributed by atoms with Crippen LogP contribution in [-0.4, -0.2) is 19.7 Å². The summed E-state index contributed by atoms with van der Waals surface area (Å²) in [6.45, 7) is 10.6. The van der Waals surface area contributed by atoms with Crippen LogP contribution in [0.3, 0.4) is 0 Å². The molecule has 2 aromatic heterocycles. The third-order valence-corrected chi connectivity index (χ3v) is 3.69. The second kappa shape index (κ2) is 5.52. The van der Waals surface area contributed by atoms with Crippen LogP contribution < -0.4 is 5.32 Å². The van der Waals surface area contributed by atoms with Crippen LogP contribution in [0, 0.1) is 6.92 Å². The maximum atomic E-state index is 4.60. The molecule has 5 nitrogen and oxygen atoms in total. The van der Waals surface area contributed by atoms with Crippen molar-refractivity contribution in [2.24, 2.45) is 0 Å². The Balaban J connectivity index is 2.24. The van der Waals surface area contributed by atoms with Crippen molar-refractivity contribution in [3.63, 3.8) is 0 Å². The summed E-state index contributed by atoms with van der Waals surface area (Å²) in [6.07, 6.45) is 5.36. The van der Waals surface area contributed by atoms with E-state index in [9.17, 15) is 0 Å². The molecule has 0 aliphatic heterocycles. The van der Waals surface area contributed by atoms with Crippen LogP contribution in [-0.2, 0) is 5.54 Å². The van der Waals surface area contributed by atoms with Crippen molar-refractivity contribution in [2.75, 3.05) is 5.32 Å². The van der Waals surface area contributed by atoms with Crippen molar-refractivity contribution in [1.29, 1.82) is 0 Å². The maximum absolute atomic E-state index is 4.60. The third-order valence-electron chi connectivity index (χ3n) is 3.11. The van der Waals surface area contributed by atoms with Crippen molar-refractivity contribution < 1.29 is 0 Å². The summed E-state index contributed by atoms with van der Waals surface area (Å²) in [5, 5.41) is 7.98. The minimum absolute atomic E-state index is 0.0156. The van der Waals surface area contributed by atoms with Gasteiger partial charge in [-0.1, -0.05) is 0 Å². The minimum Gasteiger partial charge on any atom is -0.362 e. The third kappa shape index (κ3) is 3.17. The van der Waals surface area contributed by atoms with Gasteiger partial charge >= 0.3 is 0 Å². The van der Waals surface area contributed by atoms with E-state index in [4.69, 9.17) is 0 Å². The Morgan fingerprint density at radius 3 is 2.60 bits per heavy atom. The minimum atomic E-state index is -0.0156. The molecular formula is C14H20BrN5. The molecule has 0 bridgehead atoms. The maximum Gasteiger partial charge on any atom is 0.144 e. The fraction of sp³-hybridized carbons (Fsp3) is 0.500. The second-order valence-corrected chi connectivity index (χ2v) is 6.72. The van der Waals surface area contributed by atoms with Crippen molar-refractivity contribution in [3.8, 4) is 0 Å². The van der Waals surface area contributed by atoms with Crippen LogP contribution in [0.5, 0.6) is 0 Å². The van der Waals surface area contributed by atoms with Gasteiger partial charge in [0.15, 0.2) is 0 Å². The highest BCUT2D eigenvalue weighted by Gasteiger charge is 2.19. The number of nitrogens with one attached hydrogen (secondary N) is 1. The van der Waals surface area contributed by atoms with Crippen molar-refractivity contribution >= 4 is 21.7 Å². The van der Waals surface area contributed by atoms with Crippen LogP contribution in [0.15, 0.2) is 23.2 Å². The van der Waals surface area contributed by atoms with Gasteiger partial charge in [0.25, 0.3) is 0 Å². The normalized spacial score (nSPS) is 13.3. The Morgan fingerprint density at radius 1 is 1.35 bits per heavy atom. The molecule has 0 spiro atoms. The fourth-order valence-electron chi connectivity index (χ4n) is 1.94. The van der Waals surface area contributed by atoms with Crippen LogP contribution in [0.2, 0.25) is 0 Å². The molecular weight excluding hydrogens is 318 g/mol. The Kier molecular flexibility index (Phi) is 4.13. The molecule has 1 unspecified atom stereocenters. The lowest BCUT2D eigenvalue weighted by Gasteiger charge is -2.19.